The van der Waals surface area contributed by atoms with Crippen molar-refractivity contribution in [1.29, 1.82) is 0 Å². The number of para-hydroxylation sites is 1. The molecule has 3 rings (SSSR count). The molecular formula is C13H13IN2. The number of hydrogen-bond donors (Lipinski definition) is 1. The Morgan fingerprint density at radius 2 is 2.19 bits per heavy atom. The zero-order valence-electron chi connectivity index (χ0n) is 9.13. The lowest BCUT2D eigenvalue weighted by molar-refractivity contribution is 1.04. The summed E-state index contributed by atoms with van der Waals surface area (Å²) in [6.07, 6.45) is 2.59. The third kappa shape index (κ3) is 1.67. The first-order chi connectivity index (χ1) is 7.79. The van der Waals surface area contributed by atoms with Crippen LogP contribution in [0.3, 0.4) is 0 Å². The van der Waals surface area contributed by atoms with Gasteiger partial charge >= 0.3 is 0 Å². The summed E-state index contributed by atoms with van der Waals surface area (Å²) in [6.45, 7) is 0. The Kier molecular flexibility index (Phi) is 2.50. The molecule has 1 heterocycles. The number of aromatic nitrogens is 1. The van der Waals surface area contributed by atoms with E-state index in [2.05, 4.69) is 52.2 Å². The van der Waals surface area contributed by atoms with Gasteiger partial charge in [-0.15, -0.1) is 0 Å². The van der Waals surface area contributed by atoms with Gasteiger partial charge in [-0.05, 0) is 47.6 Å². The molecule has 0 radical (unpaired) electrons. The first-order valence-electron chi connectivity index (χ1n) is 5.56. The molecule has 1 aromatic carbocycles. The third-order valence-electron chi connectivity index (χ3n) is 3.08. The van der Waals surface area contributed by atoms with Crippen LogP contribution in [0.5, 0.6) is 0 Å². The second kappa shape index (κ2) is 3.87. The minimum Gasteiger partial charge on any atom is -0.388 e. The van der Waals surface area contributed by atoms with E-state index >= 15 is 0 Å². The Hall–Kier alpha value is -0.840. The SMILES string of the molecule is CNc1cc(C2CC2)nc2c(I)cccc12. The number of nitrogens with zero attached hydrogens (tertiary/aromatic N) is 1. The van der Waals surface area contributed by atoms with Gasteiger partial charge in [0, 0.05) is 33.3 Å². The van der Waals surface area contributed by atoms with Gasteiger partial charge in [-0.1, -0.05) is 12.1 Å². The summed E-state index contributed by atoms with van der Waals surface area (Å²) in [6, 6.07) is 8.54. The van der Waals surface area contributed by atoms with Crippen LogP contribution in [-0.2, 0) is 0 Å². The molecule has 2 nitrogen and oxygen atoms in total. The van der Waals surface area contributed by atoms with E-state index in [1.54, 1.807) is 0 Å². The van der Waals surface area contributed by atoms with Gasteiger partial charge in [0.25, 0.3) is 0 Å². The average Bonchev–Trinajstić information content (AvgIpc) is 3.12. The standard InChI is InChI=1S/C13H13IN2/c1-15-12-7-11(8-5-6-8)16-13-9(12)3-2-4-10(13)14/h2-4,7-8H,5-6H2,1H3,(H,15,16). The molecule has 0 bridgehead atoms. The molecule has 3 heteroatoms. The van der Waals surface area contributed by atoms with Gasteiger partial charge in [0.2, 0.25) is 0 Å². The number of pyridine rings is 1. The largest absolute Gasteiger partial charge is 0.388 e. The van der Waals surface area contributed by atoms with Crippen molar-refractivity contribution in [1.82, 2.24) is 4.98 Å². The van der Waals surface area contributed by atoms with Crippen molar-refractivity contribution in [2.45, 2.75) is 18.8 Å². The molecule has 82 valence electrons. The Bertz CT molecular complexity index is 547. The Balaban J connectivity index is 2.30. The highest BCUT2D eigenvalue weighted by Crippen LogP contribution is 2.41. The fourth-order valence-corrected chi connectivity index (χ4v) is 2.65. The summed E-state index contributed by atoms with van der Waals surface area (Å²) in [5.74, 6) is 0.701. The lowest BCUT2D eigenvalue weighted by atomic mass is 10.1. The molecule has 1 fully saturated rings. The van der Waals surface area contributed by atoms with Crippen molar-refractivity contribution >= 4 is 39.2 Å². The second-order valence-electron chi connectivity index (χ2n) is 4.25. The monoisotopic (exact) mass is 324 g/mol. The average molecular weight is 324 g/mol. The van der Waals surface area contributed by atoms with Gasteiger partial charge in [-0.25, -0.2) is 0 Å². The fraction of sp³-hybridized carbons (Fsp3) is 0.308. The molecule has 0 aliphatic heterocycles. The number of anilines is 1. The molecule has 1 N–H and O–H groups in total. The van der Waals surface area contributed by atoms with E-state index in [1.165, 1.54) is 33.2 Å². The lowest BCUT2D eigenvalue weighted by Crippen LogP contribution is -1.96. The molecule has 1 aliphatic carbocycles. The molecule has 1 saturated carbocycles. The minimum atomic E-state index is 0.701. The van der Waals surface area contributed by atoms with E-state index in [9.17, 15) is 0 Å². The molecule has 0 atom stereocenters. The van der Waals surface area contributed by atoms with Crippen molar-refractivity contribution in [3.8, 4) is 0 Å². The summed E-state index contributed by atoms with van der Waals surface area (Å²) in [5.41, 5.74) is 3.59. The van der Waals surface area contributed by atoms with Crippen molar-refractivity contribution < 1.29 is 0 Å². The smallest absolute Gasteiger partial charge is 0.0859 e. The maximum Gasteiger partial charge on any atom is 0.0859 e. The van der Waals surface area contributed by atoms with E-state index < -0.39 is 0 Å². The van der Waals surface area contributed by atoms with Crippen molar-refractivity contribution in [3.63, 3.8) is 0 Å². The van der Waals surface area contributed by atoms with Crippen LogP contribution in [0, 0.1) is 3.57 Å². The quantitative estimate of drug-likeness (QED) is 0.851. The van der Waals surface area contributed by atoms with E-state index in [1.807, 2.05) is 7.05 Å². The summed E-state index contributed by atoms with van der Waals surface area (Å²) in [7, 11) is 1.98. The Labute approximate surface area is 109 Å². The topological polar surface area (TPSA) is 24.9 Å². The molecule has 0 unspecified atom stereocenters. The summed E-state index contributed by atoms with van der Waals surface area (Å²) < 4.78 is 1.23. The molecular weight excluding hydrogens is 311 g/mol. The first-order valence-corrected chi connectivity index (χ1v) is 6.64. The van der Waals surface area contributed by atoms with Crippen LogP contribution < -0.4 is 5.32 Å². The van der Waals surface area contributed by atoms with Gasteiger partial charge in [0.1, 0.15) is 0 Å². The maximum atomic E-state index is 4.80. The number of fused-ring (bicyclic) bond motifs is 1. The van der Waals surface area contributed by atoms with Gasteiger partial charge < -0.3 is 5.32 Å². The number of hydrogen-bond acceptors (Lipinski definition) is 2. The molecule has 0 spiro atoms. The van der Waals surface area contributed by atoms with Crippen LogP contribution in [-0.4, -0.2) is 12.0 Å². The fourth-order valence-electron chi connectivity index (χ4n) is 2.03. The van der Waals surface area contributed by atoms with Crippen LogP contribution in [0.1, 0.15) is 24.5 Å². The Morgan fingerprint density at radius 1 is 1.38 bits per heavy atom. The van der Waals surface area contributed by atoms with Crippen molar-refractivity contribution in [2.24, 2.45) is 0 Å². The molecule has 1 aliphatic rings. The van der Waals surface area contributed by atoms with Crippen LogP contribution in [0.15, 0.2) is 24.3 Å². The van der Waals surface area contributed by atoms with E-state index in [-0.39, 0.29) is 0 Å². The van der Waals surface area contributed by atoms with Gasteiger partial charge in [-0.2, -0.15) is 0 Å². The van der Waals surface area contributed by atoms with Gasteiger partial charge in [-0.3, -0.25) is 4.98 Å². The molecule has 1 aromatic heterocycles. The first kappa shape index (κ1) is 10.3. The molecule has 2 aromatic rings. The normalized spacial score (nSPS) is 15.4. The van der Waals surface area contributed by atoms with E-state index in [4.69, 9.17) is 4.98 Å². The summed E-state index contributed by atoms with van der Waals surface area (Å²) >= 11 is 2.36. The third-order valence-corrected chi connectivity index (χ3v) is 3.95. The van der Waals surface area contributed by atoms with Crippen LogP contribution in [0.25, 0.3) is 10.9 Å². The second-order valence-corrected chi connectivity index (χ2v) is 5.42. The minimum absolute atomic E-state index is 0.701. The zero-order valence-corrected chi connectivity index (χ0v) is 11.3. The number of halogens is 1. The predicted molar refractivity (Wildman–Crippen MR) is 76.0 cm³/mol. The highest BCUT2D eigenvalue weighted by Gasteiger charge is 2.26. The van der Waals surface area contributed by atoms with Crippen LogP contribution in [0.4, 0.5) is 5.69 Å². The van der Waals surface area contributed by atoms with Crippen LogP contribution >= 0.6 is 22.6 Å². The maximum absolute atomic E-state index is 4.80. The summed E-state index contributed by atoms with van der Waals surface area (Å²) in [5, 5.41) is 4.50. The number of nitrogens with one attached hydrogen (secondary N) is 1. The van der Waals surface area contributed by atoms with Crippen molar-refractivity contribution in [3.05, 3.63) is 33.5 Å². The number of benzene rings is 1. The zero-order chi connectivity index (χ0) is 11.1. The highest BCUT2D eigenvalue weighted by molar-refractivity contribution is 14.1. The highest BCUT2D eigenvalue weighted by atomic mass is 127. The van der Waals surface area contributed by atoms with Gasteiger partial charge in [0.15, 0.2) is 0 Å². The van der Waals surface area contributed by atoms with E-state index in [0.29, 0.717) is 5.92 Å². The van der Waals surface area contributed by atoms with Crippen molar-refractivity contribution in [2.75, 3.05) is 12.4 Å². The lowest BCUT2D eigenvalue weighted by Gasteiger charge is -2.09. The Morgan fingerprint density at radius 3 is 2.88 bits per heavy atom. The predicted octanol–water partition coefficient (Wildman–Crippen LogP) is 3.76. The molecule has 0 saturated heterocycles. The van der Waals surface area contributed by atoms with Crippen LogP contribution in [0.2, 0.25) is 0 Å². The molecule has 16 heavy (non-hydrogen) atoms. The molecule has 0 amide bonds. The van der Waals surface area contributed by atoms with E-state index in [0.717, 1.165) is 5.52 Å². The number of rotatable bonds is 2. The van der Waals surface area contributed by atoms with Gasteiger partial charge in [0.05, 0.1) is 5.52 Å². The summed E-state index contributed by atoms with van der Waals surface area (Å²) in [4.78, 5) is 4.80.